The number of carbonyl (C=O) groups excluding carboxylic acids is 1. The first-order chi connectivity index (χ1) is 9.15. The van der Waals surface area contributed by atoms with Crippen molar-refractivity contribution in [3.63, 3.8) is 0 Å². The van der Waals surface area contributed by atoms with Crippen LogP contribution in [0.5, 0.6) is 0 Å². The number of nitrogens with zero attached hydrogens (tertiary/aromatic N) is 1. The van der Waals surface area contributed by atoms with Crippen LogP contribution in [0.4, 0.5) is 0 Å². The van der Waals surface area contributed by atoms with Crippen molar-refractivity contribution in [1.29, 1.82) is 0 Å². The summed E-state index contributed by atoms with van der Waals surface area (Å²) in [5.41, 5.74) is 2.45. The van der Waals surface area contributed by atoms with E-state index in [0.29, 0.717) is 18.9 Å². The van der Waals surface area contributed by atoms with Gasteiger partial charge in [0.25, 0.3) is 0 Å². The van der Waals surface area contributed by atoms with Crippen molar-refractivity contribution >= 4 is 18.3 Å². The first kappa shape index (κ1) is 17.0. The molecule has 1 aromatic carbocycles. The third-order valence-electron chi connectivity index (χ3n) is 3.86. The molecule has 2 rings (SSSR count). The Morgan fingerprint density at radius 3 is 2.90 bits per heavy atom. The van der Waals surface area contributed by atoms with Gasteiger partial charge in [-0.15, -0.1) is 12.4 Å². The highest BCUT2D eigenvalue weighted by molar-refractivity contribution is 5.85. The molecule has 1 fully saturated rings. The summed E-state index contributed by atoms with van der Waals surface area (Å²) in [5.74, 6) is 0.949. The van der Waals surface area contributed by atoms with Crippen LogP contribution >= 0.6 is 12.4 Å². The Kier molecular flexibility index (Phi) is 7.03. The lowest BCUT2D eigenvalue weighted by atomic mass is 10.0. The Bertz CT molecular complexity index is 430. The molecule has 1 aromatic rings. The van der Waals surface area contributed by atoms with E-state index in [-0.39, 0.29) is 18.3 Å². The molecule has 112 valence electrons. The number of carbonyl (C=O) groups is 1. The van der Waals surface area contributed by atoms with Crippen molar-refractivity contribution in [3.05, 3.63) is 35.4 Å². The molecule has 1 saturated heterocycles. The summed E-state index contributed by atoms with van der Waals surface area (Å²) in [6.07, 6.45) is 2.91. The minimum atomic E-state index is 0. The van der Waals surface area contributed by atoms with Gasteiger partial charge in [0.15, 0.2) is 0 Å². The highest BCUT2D eigenvalue weighted by Gasteiger charge is 2.17. The number of rotatable bonds is 5. The Morgan fingerprint density at radius 1 is 1.45 bits per heavy atom. The predicted octanol–water partition coefficient (Wildman–Crippen LogP) is 2.76. The zero-order valence-electron chi connectivity index (χ0n) is 12.4. The smallest absolute Gasteiger partial charge is 0.222 e. The molecular weight excluding hydrogens is 272 g/mol. The van der Waals surface area contributed by atoms with Crippen molar-refractivity contribution in [1.82, 2.24) is 10.2 Å². The Hall–Kier alpha value is -1.06. The van der Waals surface area contributed by atoms with Crippen LogP contribution in [0.1, 0.15) is 30.4 Å². The van der Waals surface area contributed by atoms with Gasteiger partial charge in [-0.25, -0.2) is 0 Å². The molecule has 1 heterocycles. The van der Waals surface area contributed by atoms with Gasteiger partial charge < -0.3 is 10.2 Å². The molecule has 1 unspecified atom stereocenters. The van der Waals surface area contributed by atoms with Crippen molar-refractivity contribution in [2.75, 3.05) is 20.1 Å². The first-order valence-electron chi connectivity index (χ1n) is 7.15. The third-order valence-corrected chi connectivity index (χ3v) is 3.86. The second-order valence-electron chi connectivity index (χ2n) is 5.64. The topological polar surface area (TPSA) is 32.3 Å². The van der Waals surface area contributed by atoms with Crippen LogP contribution in [0.25, 0.3) is 0 Å². The summed E-state index contributed by atoms with van der Waals surface area (Å²) < 4.78 is 0. The summed E-state index contributed by atoms with van der Waals surface area (Å²) in [5, 5.41) is 3.35. The number of nitrogens with one attached hydrogen (secondary N) is 1. The lowest BCUT2D eigenvalue weighted by Gasteiger charge is -2.18. The van der Waals surface area contributed by atoms with Gasteiger partial charge >= 0.3 is 0 Å². The van der Waals surface area contributed by atoms with E-state index in [1.54, 1.807) is 0 Å². The van der Waals surface area contributed by atoms with Gasteiger partial charge in [0.2, 0.25) is 5.91 Å². The fraction of sp³-hybridized carbons (Fsp3) is 0.562. The zero-order chi connectivity index (χ0) is 13.7. The van der Waals surface area contributed by atoms with Crippen LogP contribution in [0.15, 0.2) is 24.3 Å². The van der Waals surface area contributed by atoms with Crippen LogP contribution in [-0.2, 0) is 11.3 Å². The largest absolute Gasteiger partial charge is 0.341 e. The number of amides is 1. The minimum absolute atomic E-state index is 0. The van der Waals surface area contributed by atoms with E-state index in [9.17, 15) is 4.79 Å². The molecule has 1 aliphatic rings. The van der Waals surface area contributed by atoms with E-state index in [4.69, 9.17) is 0 Å². The van der Waals surface area contributed by atoms with Crippen LogP contribution in [0.2, 0.25) is 0 Å². The molecule has 1 N–H and O–H groups in total. The molecule has 1 atom stereocenters. The van der Waals surface area contributed by atoms with Crippen molar-refractivity contribution in [2.24, 2.45) is 5.92 Å². The van der Waals surface area contributed by atoms with Gasteiger partial charge in [-0.05, 0) is 44.3 Å². The SMILES string of the molecule is Cc1cccc(CN(C)C(=O)CCC2CCNC2)c1.Cl. The fourth-order valence-corrected chi connectivity index (χ4v) is 2.65. The number of hydrogen-bond acceptors (Lipinski definition) is 2. The highest BCUT2D eigenvalue weighted by Crippen LogP contribution is 2.15. The van der Waals surface area contributed by atoms with Crippen LogP contribution in [0.3, 0.4) is 0 Å². The number of aryl methyl sites for hydroxylation is 1. The molecule has 1 amide bonds. The van der Waals surface area contributed by atoms with Gasteiger partial charge in [0.05, 0.1) is 0 Å². The molecule has 0 aliphatic carbocycles. The Morgan fingerprint density at radius 2 is 2.25 bits per heavy atom. The summed E-state index contributed by atoms with van der Waals surface area (Å²) in [4.78, 5) is 13.9. The Balaban J connectivity index is 0.00000200. The summed E-state index contributed by atoms with van der Waals surface area (Å²) >= 11 is 0. The predicted molar refractivity (Wildman–Crippen MR) is 85.1 cm³/mol. The van der Waals surface area contributed by atoms with E-state index >= 15 is 0 Å². The average Bonchev–Trinajstić information content (AvgIpc) is 2.89. The maximum atomic E-state index is 12.1. The summed E-state index contributed by atoms with van der Waals surface area (Å²) in [7, 11) is 1.90. The van der Waals surface area contributed by atoms with E-state index < -0.39 is 0 Å². The molecule has 3 nitrogen and oxygen atoms in total. The van der Waals surface area contributed by atoms with Crippen LogP contribution < -0.4 is 5.32 Å². The quantitative estimate of drug-likeness (QED) is 0.906. The van der Waals surface area contributed by atoms with Crippen molar-refractivity contribution in [2.45, 2.75) is 32.7 Å². The fourth-order valence-electron chi connectivity index (χ4n) is 2.65. The van der Waals surface area contributed by atoms with Gasteiger partial charge in [-0.3, -0.25) is 4.79 Å². The summed E-state index contributed by atoms with van der Waals surface area (Å²) in [6.45, 7) is 4.98. The molecule has 0 radical (unpaired) electrons. The monoisotopic (exact) mass is 296 g/mol. The van der Waals surface area contributed by atoms with Crippen LogP contribution in [-0.4, -0.2) is 30.9 Å². The van der Waals surface area contributed by atoms with Crippen LogP contribution in [0, 0.1) is 12.8 Å². The second kappa shape index (κ2) is 8.28. The second-order valence-corrected chi connectivity index (χ2v) is 5.64. The maximum absolute atomic E-state index is 12.1. The van der Waals surface area contributed by atoms with Gasteiger partial charge in [-0.2, -0.15) is 0 Å². The highest BCUT2D eigenvalue weighted by atomic mass is 35.5. The number of benzene rings is 1. The third kappa shape index (κ3) is 5.14. The van der Waals surface area contributed by atoms with E-state index in [0.717, 1.165) is 19.5 Å². The minimum Gasteiger partial charge on any atom is -0.341 e. The van der Waals surface area contributed by atoms with E-state index in [1.807, 2.05) is 18.0 Å². The normalized spacial score (nSPS) is 17.6. The number of hydrogen-bond donors (Lipinski definition) is 1. The van der Waals surface area contributed by atoms with Crippen molar-refractivity contribution in [3.8, 4) is 0 Å². The van der Waals surface area contributed by atoms with Crippen molar-refractivity contribution < 1.29 is 4.79 Å². The lowest BCUT2D eigenvalue weighted by Crippen LogP contribution is -2.26. The molecule has 1 aliphatic heterocycles. The first-order valence-corrected chi connectivity index (χ1v) is 7.15. The molecule has 0 spiro atoms. The van der Waals surface area contributed by atoms with Gasteiger partial charge in [0.1, 0.15) is 0 Å². The van der Waals surface area contributed by atoms with E-state index in [1.165, 1.54) is 17.5 Å². The molecule has 0 aromatic heterocycles. The molecule has 0 saturated carbocycles. The lowest BCUT2D eigenvalue weighted by molar-refractivity contribution is -0.130. The molecule has 4 heteroatoms. The maximum Gasteiger partial charge on any atom is 0.222 e. The molecule has 0 bridgehead atoms. The van der Waals surface area contributed by atoms with Gasteiger partial charge in [0, 0.05) is 20.0 Å². The molecule has 20 heavy (non-hydrogen) atoms. The molecular formula is C16H25ClN2O. The number of halogens is 1. The zero-order valence-corrected chi connectivity index (χ0v) is 13.2. The average molecular weight is 297 g/mol. The van der Waals surface area contributed by atoms with Gasteiger partial charge in [-0.1, -0.05) is 29.8 Å². The van der Waals surface area contributed by atoms with E-state index in [2.05, 4.69) is 30.4 Å². The Labute approximate surface area is 128 Å². The standard InChI is InChI=1S/C16H24N2O.ClH/c1-13-4-3-5-15(10-13)12-18(2)16(19)7-6-14-8-9-17-11-14;/h3-5,10,14,17H,6-9,11-12H2,1-2H3;1H. The summed E-state index contributed by atoms with van der Waals surface area (Å²) in [6, 6.07) is 8.36.